The van der Waals surface area contributed by atoms with Gasteiger partial charge < -0.3 is 143 Å². The molecule has 0 unspecified atom stereocenters. The molecule has 0 spiro atoms. The molecule has 6 fully saturated rings. The van der Waals surface area contributed by atoms with Crippen LogP contribution in [-0.4, -0.2) is 226 Å². The van der Waals surface area contributed by atoms with Crippen molar-refractivity contribution < 1.29 is 127 Å². The SMILES string of the molecule is CCOCCOCCNC(=O)Oc1cc(O)c2c(c1)[C@@H](C(=O)NC1C3CC4CC(C3)CC1C4)NC(=O)[C@H]1NC(=O)[C@H](NC(=O)[C@@H]3NC(=O)[C@H](CC(N)=O)NC(=O)[C@H](NC(=O)[C@@H](CC(C)C)NC)[C@H](O)c4ccc(c(C)c4)Oc4cc3cc(c4O[C@@H]3O[C@H](CO)[C@@H](O)[C@H](O)[C@H]3O[C@H]3C[C@](C)(N)[C@H](O)[C@H](C)O3)Oc3ccc(cc3Cl)[C@H]1O)c1ccc(O)c-2c1. The van der Waals surface area contributed by atoms with E-state index < -0.39 is 232 Å². The number of phenolic OH excluding ortho intramolecular Hbond substituents is 2. The van der Waals surface area contributed by atoms with E-state index in [0.717, 1.165) is 74.6 Å². The lowest BCUT2D eigenvalue weighted by Crippen LogP contribution is -2.64. The van der Waals surface area contributed by atoms with E-state index in [2.05, 4.69) is 47.9 Å². The Morgan fingerprint density at radius 1 is 0.697 bits per heavy atom. The quantitative estimate of drug-likeness (QED) is 0.0441. The van der Waals surface area contributed by atoms with Gasteiger partial charge in [-0.3, -0.25) is 38.4 Å². The average Bonchev–Trinajstić information content (AvgIpc) is 0.756. The first-order valence-corrected chi connectivity index (χ1v) is 41.2. The lowest BCUT2D eigenvalue weighted by molar-refractivity contribution is -0.333. The number of likely N-dealkylation sites (N-methyl/N-ethyl adjacent to an activating group) is 1. The molecule has 5 aromatic carbocycles. The number of rotatable bonds is 22. The largest absolute Gasteiger partial charge is 0.507 e. The van der Waals surface area contributed by atoms with E-state index in [1.165, 1.54) is 64.2 Å². The molecule has 16 rings (SSSR count). The van der Waals surface area contributed by atoms with Gasteiger partial charge in [-0.25, -0.2) is 4.79 Å². The number of aryl methyl sites for hydroxylation is 1. The third-order valence-corrected chi connectivity index (χ3v) is 24.2. The van der Waals surface area contributed by atoms with E-state index in [4.69, 9.17) is 65.7 Å². The van der Waals surface area contributed by atoms with Crippen molar-refractivity contribution in [2.24, 2.45) is 41.1 Å². The highest BCUT2D eigenvalue weighted by Gasteiger charge is 2.53. The van der Waals surface area contributed by atoms with Crippen LogP contribution in [-0.2, 0) is 62.0 Å². The van der Waals surface area contributed by atoms with Crippen molar-refractivity contribution in [3.8, 4) is 57.1 Å². The number of phenols is 2. The van der Waals surface area contributed by atoms with Crippen LogP contribution in [0.1, 0.15) is 150 Å². The number of hydrogen-bond donors (Lipinski definition) is 19. The van der Waals surface area contributed by atoms with Crippen LogP contribution in [0.2, 0.25) is 5.02 Å². The second kappa shape index (κ2) is 37.9. The number of benzene rings is 5. The Balaban J connectivity index is 1.00. The molecule has 0 radical (unpaired) electrons. The molecule has 0 aromatic heterocycles. The Kier molecular flexibility index (Phi) is 27.9. The molecule has 18 atom stereocenters. The molecule has 21 N–H and O–H groups in total. The Morgan fingerprint density at radius 2 is 1.34 bits per heavy atom. The lowest BCUT2D eigenvalue weighted by atomic mass is 9.54. The van der Waals surface area contributed by atoms with Gasteiger partial charge in [-0.2, -0.15) is 0 Å². The number of aromatic hydroxyl groups is 2. The van der Waals surface area contributed by atoms with E-state index in [-0.39, 0.29) is 102 Å². The molecule has 4 saturated carbocycles. The molecule has 9 amide bonds. The van der Waals surface area contributed by atoms with E-state index in [9.17, 15) is 55.2 Å². The molecule has 7 heterocycles. The summed E-state index contributed by atoms with van der Waals surface area (Å²) in [6, 6.07) is 1.10. The van der Waals surface area contributed by atoms with Crippen LogP contribution in [0.5, 0.6) is 46.0 Å². The highest BCUT2D eigenvalue weighted by molar-refractivity contribution is 6.32. The van der Waals surface area contributed by atoms with Gasteiger partial charge in [-0.15, -0.1) is 0 Å². The van der Waals surface area contributed by atoms with Crippen molar-refractivity contribution in [1.29, 1.82) is 0 Å². The predicted molar refractivity (Wildman–Crippen MR) is 430 cm³/mol. The Hall–Kier alpha value is -10.1. The van der Waals surface area contributed by atoms with Gasteiger partial charge in [-0.05, 0) is 191 Å². The smallest absolute Gasteiger partial charge is 0.412 e. The minimum atomic E-state index is -2.33. The van der Waals surface area contributed by atoms with Crippen LogP contribution in [0.3, 0.4) is 0 Å². The molecule has 15 bridgehead atoms. The Labute approximate surface area is 706 Å². The van der Waals surface area contributed by atoms with Gasteiger partial charge in [0, 0.05) is 48.3 Å². The summed E-state index contributed by atoms with van der Waals surface area (Å²) in [5.74, 6) is -12.7. The monoisotopic (exact) mass is 1720 g/mol. The maximum Gasteiger partial charge on any atom is 0.412 e. The highest BCUT2D eigenvalue weighted by Crippen LogP contribution is 2.55. The Morgan fingerprint density at radius 3 is 1.99 bits per heavy atom. The molecular formula is C84H106ClN11O26. The van der Waals surface area contributed by atoms with Crippen LogP contribution >= 0.6 is 11.6 Å². The zero-order valence-corrected chi connectivity index (χ0v) is 68.9. The number of amides is 9. The standard InChI is InChI=1S/C84H106ClN11O26/c1-8-114-17-18-115-16-15-89-83(113)117-46-30-48-61(53(99)31-46)47-26-40(9-12-52(47)98)63-77(108)96-67(81(112)94-65(48)79(110)91-62-43-22-38-21-39(24-43)25-44(62)23-38)69(102)42-11-14-55(49(85)27-42)119-57-29-45-28-56(72(57)122-82-73(71(104)70(103)58(34-97)120-82)121-60-33-84(6,87)74(105)37(5)116-60)118-54-13-10-41(20-36(54)4)68(101)66(95-75(106)50(88-7)19-35(2)3)80(111)90-51(32-59(86)100)76(107)92-64(45)78(109)93-63/h9-14,20,26-31,35,37-39,43-44,50-51,58,60,62-71,73-74,82,88,97-99,101-105H,8,15-19,21-25,32-34,87H2,1-7H3,(H2,86,100)(H,89,113)(H,90,111)(H,91,110)(H,92,107)(H,93,109)(H,94,112)(H,95,106)(H,96,108)/t37-,38?,39?,43?,44?,50+,51-,58+,60-,62?,63+,64+,65-,66+,67-,68+,69+,70+,71-,73+,74+,82-,84-/m0/s1. The third-order valence-electron chi connectivity index (χ3n) is 23.9. The van der Waals surface area contributed by atoms with E-state index >= 15 is 28.8 Å². The molecule has 660 valence electrons. The van der Waals surface area contributed by atoms with Gasteiger partial charge in [0.2, 0.25) is 59.3 Å². The topological polar surface area (TPSA) is 559 Å². The summed E-state index contributed by atoms with van der Waals surface area (Å²) in [6.07, 6.45) is -15.1. The van der Waals surface area contributed by atoms with Crippen molar-refractivity contribution in [3.63, 3.8) is 0 Å². The molecule has 7 aliphatic heterocycles. The van der Waals surface area contributed by atoms with Crippen molar-refractivity contribution in [3.05, 3.63) is 117 Å². The number of aliphatic hydroxyl groups is 6. The maximum absolute atomic E-state index is 16.5. The molecule has 4 aliphatic carbocycles. The molecular weight excluding hydrogens is 1610 g/mol. The van der Waals surface area contributed by atoms with E-state index in [1.54, 1.807) is 0 Å². The average molecular weight is 1720 g/mol. The number of aliphatic hydroxyl groups excluding tert-OH is 6. The normalized spacial score (nSPS) is 30.8. The maximum atomic E-state index is 16.5. The minimum Gasteiger partial charge on any atom is -0.507 e. The number of carbonyl (C=O) groups is 9. The van der Waals surface area contributed by atoms with Crippen molar-refractivity contribution in [2.75, 3.05) is 46.6 Å². The summed E-state index contributed by atoms with van der Waals surface area (Å²) < 4.78 is 55.8. The number of nitrogens with two attached hydrogens (primary N) is 2. The first-order valence-electron chi connectivity index (χ1n) is 40.9. The summed E-state index contributed by atoms with van der Waals surface area (Å²) in [6.45, 7) is 10.0. The first-order chi connectivity index (χ1) is 58.1. The fourth-order valence-electron chi connectivity index (χ4n) is 17.9. The number of carbonyl (C=O) groups excluding carboxylic acids is 9. The van der Waals surface area contributed by atoms with Gasteiger partial charge in [-0.1, -0.05) is 43.6 Å². The van der Waals surface area contributed by atoms with E-state index in [1.807, 2.05) is 20.8 Å². The van der Waals surface area contributed by atoms with Gasteiger partial charge in [0.05, 0.1) is 56.1 Å². The molecule has 5 aromatic rings. The van der Waals surface area contributed by atoms with Gasteiger partial charge in [0.25, 0.3) is 0 Å². The zero-order valence-electron chi connectivity index (χ0n) is 68.1. The van der Waals surface area contributed by atoms with Gasteiger partial charge >= 0.3 is 6.09 Å². The van der Waals surface area contributed by atoms with Crippen LogP contribution in [0.25, 0.3) is 11.1 Å². The summed E-state index contributed by atoms with van der Waals surface area (Å²) in [4.78, 5) is 136. The minimum absolute atomic E-state index is 0.0259. The fraction of sp³-hybridized carbons (Fsp3) is 0.536. The fourth-order valence-corrected chi connectivity index (χ4v) is 18.1. The first kappa shape index (κ1) is 89.7. The van der Waals surface area contributed by atoms with Crippen molar-refractivity contribution in [1.82, 2.24) is 47.9 Å². The van der Waals surface area contributed by atoms with Crippen LogP contribution in [0.15, 0.2) is 78.9 Å². The zero-order chi connectivity index (χ0) is 87.6. The molecule has 122 heavy (non-hydrogen) atoms. The molecule has 38 heteroatoms. The third kappa shape index (κ3) is 19.7. The number of ether oxygens (including phenoxy) is 9. The number of fused-ring (bicyclic) bond motifs is 15. The lowest BCUT2D eigenvalue weighted by Gasteiger charge is -2.54. The summed E-state index contributed by atoms with van der Waals surface area (Å²) in [7, 11) is 1.50. The molecule has 11 aliphatic rings. The Bertz CT molecular complexity index is 4740. The number of primary amides is 1. The number of nitrogens with one attached hydrogen (secondary N) is 9. The molecule has 37 nitrogen and oxygen atoms in total. The summed E-state index contributed by atoms with van der Waals surface area (Å²) in [5.41, 5.74) is 9.17. The van der Waals surface area contributed by atoms with Crippen molar-refractivity contribution >= 4 is 65.0 Å². The van der Waals surface area contributed by atoms with Crippen LogP contribution < -0.4 is 78.3 Å². The summed E-state index contributed by atoms with van der Waals surface area (Å²) in [5, 5.41) is 120. The highest BCUT2D eigenvalue weighted by atomic mass is 35.5. The van der Waals surface area contributed by atoms with E-state index in [0.29, 0.717) is 18.4 Å². The van der Waals surface area contributed by atoms with Gasteiger partial charge in [0.1, 0.15) is 95.5 Å². The van der Waals surface area contributed by atoms with Crippen LogP contribution in [0.4, 0.5) is 4.79 Å². The molecule has 2 saturated heterocycles. The second-order valence-corrected chi connectivity index (χ2v) is 33.7. The van der Waals surface area contributed by atoms with Crippen LogP contribution in [0, 0.1) is 36.5 Å². The second-order valence-electron chi connectivity index (χ2n) is 33.3. The number of hydrogen-bond acceptors (Lipinski definition) is 28. The predicted octanol–water partition coefficient (Wildman–Crippen LogP) is 2.05. The number of halogens is 1. The van der Waals surface area contributed by atoms with Crippen molar-refractivity contribution in [2.45, 2.75) is 208 Å². The summed E-state index contributed by atoms with van der Waals surface area (Å²) >= 11 is 7.30. The van der Waals surface area contributed by atoms with Gasteiger partial charge in [0.15, 0.2) is 23.9 Å².